The molecule has 30 heavy (non-hydrogen) atoms. The first-order valence-corrected chi connectivity index (χ1v) is 11.2. The number of nitrogens with zero attached hydrogens (tertiary/aromatic N) is 2. The third kappa shape index (κ3) is 5.79. The predicted molar refractivity (Wildman–Crippen MR) is 114 cm³/mol. The number of carbonyl (C=O) groups excluding carboxylic acids is 2. The second-order valence-corrected chi connectivity index (χ2v) is 8.93. The van der Waals surface area contributed by atoms with E-state index in [2.05, 4.69) is 5.32 Å². The third-order valence-corrected chi connectivity index (χ3v) is 5.78. The van der Waals surface area contributed by atoms with Crippen molar-refractivity contribution in [2.24, 2.45) is 0 Å². The van der Waals surface area contributed by atoms with Gasteiger partial charge in [0.25, 0.3) is 0 Å². The maximum absolute atomic E-state index is 14.3. The van der Waals surface area contributed by atoms with E-state index in [0.717, 1.165) is 23.4 Å². The zero-order chi connectivity index (χ0) is 22.5. The molecule has 2 rings (SSSR count). The Morgan fingerprint density at radius 2 is 1.80 bits per heavy atom. The molecule has 0 spiro atoms. The van der Waals surface area contributed by atoms with Gasteiger partial charge in [0.1, 0.15) is 18.4 Å². The lowest BCUT2D eigenvalue weighted by molar-refractivity contribution is -0.139. The maximum atomic E-state index is 14.3. The molecule has 1 N–H and O–H groups in total. The molecular formula is C21H26FN3O4S. The number of likely N-dealkylation sites (N-methyl/N-ethyl adjacent to an activating group) is 1. The van der Waals surface area contributed by atoms with E-state index in [1.807, 2.05) is 31.2 Å². The van der Waals surface area contributed by atoms with Gasteiger partial charge in [-0.3, -0.25) is 13.9 Å². The van der Waals surface area contributed by atoms with Crippen molar-refractivity contribution in [3.63, 3.8) is 0 Å². The first kappa shape index (κ1) is 23.3. The van der Waals surface area contributed by atoms with E-state index in [1.54, 1.807) is 6.92 Å². The second-order valence-electron chi connectivity index (χ2n) is 7.02. The molecule has 0 unspecified atom stereocenters. The summed E-state index contributed by atoms with van der Waals surface area (Å²) in [6, 6.07) is 11.9. The van der Waals surface area contributed by atoms with E-state index in [9.17, 15) is 22.4 Å². The first-order chi connectivity index (χ1) is 14.0. The number of hydrogen-bond acceptors (Lipinski definition) is 4. The molecule has 0 saturated carbocycles. The number of halogens is 1. The molecule has 0 aromatic heterocycles. The number of benzene rings is 2. The van der Waals surface area contributed by atoms with Crippen LogP contribution in [0.2, 0.25) is 0 Å². The number of hydrogen-bond donors (Lipinski definition) is 1. The average molecular weight is 436 g/mol. The Labute approximate surface area is 176 Å². The molecule has 0 aliphatic rings. The molecule has 9 heteroatoms. The Morgan fingerprint density at radius 3 is 2.37 bits per heavy atom. The van der Waals surface area contributed by atoms with Crippen molar-refractivity contribution in [3.05, 3.63) is 65.5 Å². The molecule has 2 aromatic rings. The zero-order valence-corrected chi connectivity index (χ0v) is 18.2. The number of rotatable bonds is 8. The molecule has 2 aromatic carbocycles. The molecule has 2 amide bonds. The summed E-state index contributed by atoms with van der Waals surface area (Å²) in [4.78, 5) is 26.7. The topological polar surface area (TPSA) is 86.8 Å². The highest BCUT2D eigenvalue weighted by Gasteiger charge is 2.30. The van der Waals surface area contributed by atoms with Crippen molar-refractivity contribution in [1.29, 1.82) is 0 Å². The molecule has 0 heterocycles. The van der Waals surface area contributed by atoms with Crippen molar-refractivity contribution in [2.75, 3.05) is 24.2 Å². The number of carbonyl (C=O) groups is 2. The summed E-state index contributed by atoms with van der Waals surface area (Å²) in [5.41, 5.74) is 1.55. The number of para-hydroxylation sites is 1. The van der Waals surface area contributed by atoms with Crippen LogP contribution in [0, 0.1) is 12.7 Å². The number of amides is 2. The fourth-order valence-electron chi connectivity index (χ4n) is 3.05. The summed E-state index contributed by atoms with van der Waals surface area (Å²) >= 11 is 0. The van der Waals surface area contributed by atoms with Crippen molar-refractivity contribution in [1.82, 2.24) is 10.2 Å². The van der Waals surface area contributed by atoms with E-state index in [4.69, 9.17) is 0 Å². The normalized spacial score (nSPS) is 12.2. The summed E-state index contributed by atoms with van der Waals surface area (Å²) in [7, 11) is -2.50. The standard InChI is InChI=1S/C21H26FN3O4S/c1-15-8-7-9-17(12-15)13-24(16(2)21(27)23-3)20(26)14-25(30(4,28)29)19-11-6-5-10-18(19)22/h5-12,16H,13-14H2,1-4H3,(H,23,27)/t16-/m0/s1. The number of anilines is 1. The second kappa shape index (κ2) is 9.71. The van der Waals surface area contributed by atoms with Gasteiger partial charge in [0.05, 0.1) is 11.9 Å². The van der Waals surface area contributed by atoms with Crippen molar-refractivity contribution in [2.45, 2.75) is 26.4 Å². The fraction of sp³-hybridized carbons (Fsp3) is 0.333. The Morgan fingerprint density at radius 1 is 1.13 bits per heavy atom. The van der Waals surface area contributed by atoms with Gasteiger partial charge < -0.3 is 10.2 Å². The Bertz CT molecular complexity index is 1030. The maximum Gasteiger partial charge on any atom is 0.244 e. The molecule has 7 nitrogen and oxygen atoms in total. The molecule has 0 bridgehead atoms. The summed E-state index contributed by atoms with van der Waals surface area (Å²) in [5, 5.41) is 2.50. The van der Waals surface area contributed by atoms with Gasteiger partial charge in [0, 0.05) is 13.6 Å². The van der Waals surface area contributed by atoms with Crippen LogP contribution in [-0.2, 0) is 26.2 Å². The van der Waals surface area contributed by atoms with Crippen LogP contribution in [-0.4, -0.2) is 51.0 Å². The molecule has 0 aliphatic carbocycles. The Kier molecular flexibility index (Phi) is 7.55. The quantitative estimate of drug-likeness (QED) is 0.688. The number of nitrogens with one attached hydrogen (secondary N) is 1. The molecule has 0 radical (unpaired) electrons. The van der Waals surface area contributed by atoms with Crippen LogP contribution < -0.4 is 9.62 Å². The van der Waals surface area contributed by atoms with Gasteiger partial charge in [0.15, 0.2) is 0 Å². The van der Waals surface area contributed by atoms with E-state index in [1.165, 1.54) is 30.1 Å². The van der Waals surface area contributed by atoms with Gasteiger partial charge in [-0.15, -0.1) is 0 Å². The van der Waals surface area contributed by atoms with E-state index >= 15 is 0 Å². The minimum atomic E-state index is -3.95. The van der Waals surface area contributed by atoms with Gasteiger partial charge in [0.2, 0.25) is 21.8 Å². The molecular weight excluding hydrogens is 409 g/mol. The highest BCUT2D eigenvalue weighted by atomic mass is 32.2. The smallest absolute Gasteiger partial charge is 0.244 e. The summed E-state index contributed by atoms with van der Waals surface area (Å²) in [6.07, 6.45) is 0.903. The highest BCUT2D eigenvalue weighted by Crippen LogP contribution is 2.22. The van der Waals surface area contributed by atoms with E-state index in [0.29, 0.717) is 4.31 Å². The third-order valence-electron chi connectivity index (χ3n) is 4.65. The van der Waals surface area contributed by atoms with Crippen LogP contribution in [0.5, 0.6) is 0 Å². The predicted octanol–water partition coefficient (Wildman–Crippen LogP) is 2.06. The first-order valence-electron chi connectivity index (χ1n) is 9.33. The largest absolute Gasteiger partial charge is 0.357 e. The number of sulfonamides is 1. The number of aryl methyl sites for hydroxylation is 1. The monoisotopic (exact) mass is 435 g/mol. The van der Waals surface area contributed by atoms with Crippen LogP contribution in [0.4, 0.5) is 10.1 Å². The van der Waals surface area contributed by atoms with Crippen LogP contribution >= 0.6 is 0 Å². The van der Waals surface area contributed by atoms with Crippen LogP contribution in [0.25, 0.3) is 0 Å². The Balaban J connectivity index is 2.40. The molecule has 0 fully saturated rings. The van der Waals surface area contributed by atoms with Gasteiger partial charge in [-0.1, -0.05) is 42.0 Å². The SMILES string of the molecule is CNC(=O)[C@H](C)N(Cc1cccc(C)c1)C(=O)CN(c1ccccc1F)S(C)(=O)=O. The van der Waals surface area contributed by atoms with Gasteiger partial charge in [-0.25, -0.2) is 12.8 Å². The lowest BCUT2D eigenvalue weighted by Crippen LogP contribution is -2.50. The van der Waals surface area contributed by atoms with Crippen molar-refractivity contribution >= 4 is 27.5 Å². The Hall–Kier alpha value is -2.94. The summed E-state index contributed by atoms with van der Waals surface area (Å²) in [5.74, 6) is -1.78. The fourth-order valence-corrected chi connectivity index (χ4v) is 3.90. The van der Waals surface area contributed by atoms with Gasteiger partial charge >= 0.3 is 0 Å². The van der Waals surface area contributed by atoms with Crippen LogP contribution in [0.15, 0.2) is 48.5 Å². The van der Waals surface area contributed by atoms with Crippen LogP contribution in [0.1, 0.15) is 18.1 Å². The van der Waals surface area contributed by atoms with E-state index < -0.39 is 40.2 Å². The summed E-state index contributed by atoms with van der Waals surface area (Å²) < 4.78 is 39.6. The summed E-state index contributed by atoms with van der Waals surface area (Å²) in [6.45, 7) is 2.93. The average Bonchev–Trinajstić information content (AvgIpc) is 2.69. The van der Waals surface area contributed by atoms with Crippen molar-refractivity contribution in [3.8, 4) is 0 Å². The van der Waals surface area contributed by atoms with E-state index in [-0.39, 0.29) is 12.2 Å². The van der Waals surface area contributed by atoms with Gasteiger partial charge in [-0.2, -0.15) is 0 Å². The zero-order valence-electron chi connectivity index (χ0n) is 17.4. The lowest BCUT2D eigenvalue weighted by atomic mass is 10.1. The van der Waals surface area contributed by atoms with Gasteiger partial charge in [-0.05, 0) is 31.5 Å². The highest BCUT2D eigenvalue weighted by molar-refractivity contribution is 7.92. The molecule has 0 saturated heterocycles. The lowest BCUT2D eigenvalue weighted by Gasteiger charge is -2.31. The molecule has 1 atom stereocenters. The minimum Gasteiger partial charge on any atom is -0.357 e. The van der Waals surface area contributed by atoms with Crippen molar-refractivity contribution < 1.29 is 22.4 Å². The molecule has 0 aliphatic heterocycles. The molecule has 162 valence electrons. The van der Waals surface area contributed by atoms with Crippen LogP contribution in [0.3, 0.4) is 0 Å². The minimum absolute atomic E-state index is 0.101.